The molecule has 0 aliphatic rings. The summed E-state index contributed by atoms with van der Waals surface area (Å²) in [5, 5.41) is 17.3. The van der Waals surface area contributed by atoms with Crippen molar-refractivity contribution >= 4 is 11.6 Å². The van der Waals surface area contributed by atoms with Crippen LogP contribution in [0.2, 0.25) is 5.02 Å². The number of halogens is 4. The van der Waals surface area contributed by atoms with Gasteiger partial charge in [0.25, 0.3) is 0 Å². The standard InChI is InChI=1S/C8H7ClF3NO2/c9-5-1-7(8(10,11)12)13-6(3-15)4(5)2-14/h1,14-15H,2-3H2. The lowest BCUT2D eigenvalue weighted by Crippen LogP contribution is -2.12. The molecule has 2 N–H and O–H groups in total. The van der Waals surface area contributed by atoms with Gasteiger partial charge in [-0.2, -0.15) is 13.2 Å². The molecule has 0 spiro atoms. The zero-order chi connectivity index (χ0) is 11.6. The lowest BCUT2D eigenvalue weighted by molar-refractivity contribution is -0.141. The number of aliphatic hydroxyl groups excluding tert-OH is 2. The maximum Gasteiger partial charge on any atom is 0.433 e. The van der Waals surface area contributed by atoms with E-state index < -0.39 is 25.1 Å². The highest BCUT2D eigenvalue weighted by Crippen LogP contribution is 2.31. The van der Waals surface area contributed by atoms with Crippen molar-refractivity contribution in [1.82, 2.24) is 4.98 Å². The molecule has 1 rings (SSSR count). The minimum atomic E-state index is -4.62. The zero-order valence-corrected chi connectivity index (χ0v) is 8.10. The Bertz CT molecular complexity index is 368. The Morgan fingerprint density at radius 2 is 1.87 bits per heavy atom. The summed E-state index contributed by atoms with van der Waals surface area (Å²) in [6.45, 7) is -1.28. The van der Waals surface area contributed by atoms with Crippen LogP contribution >= 0.6 is 11.6 Å². The summed E-state index contributed by atoms with van der Waals surface area (Å²) in [6.07, 6.45) is -4.62. The van der Waals surface area contributed by atoms with Gasteiger partial charge in [-0.1, -0.05) is 11.6 Å². The monoisotopic (exact) mass is 241 g/mol. The molecule has 0 saturated carbocycles. The average Bonchev–Trinajstić information content (AvgIpc) is 2.15. The first-order chi connectivity index (χ1) is 6.90. The molecular formula is C8H7ClF3NO2. The van der Waals surface area contributed by atoms with Gasteiger partial charge in [-0.15, -0.1) is 0 Å². The third-order valence-corrected chi connectivity index (χ3v) is 2.09. The minimum absolute atomic E-state index is 0.00664. The molecule has 0 aromatic carbocycles. The van der Waals surface area contributed by atoms with Gasteiger partial charge in [-0.3, -0.25) is 0 Å². The molecule has 7 heteroatoms. The van der Waals surface area contributed by atoms with E-state index >= 15 is 0 Å². The molecule has 0 aliphatic heterocycles. The van der Waals surface area contributed by atoms with E-state index in [0.717, 1.165) is 0 Å². The van der Waals surface area contributed by atoms with Crippen molar-refractivity contribution in [3.05, 3.63) is 28.0 Å². The molecule has 0 amide bonds. The summed E-state index contributed by atoms with van der Waals surface area (Å²) in [4.78, 5) is 3.17. The fraction of sp³-hybridized carbons (Fsp3) is 0.375. The second-order valence-electron chi connectivity index (χ2n) is 2.73. The van der Waals surface area contributed by atoms with Crippen molar-refractivity contribution < 1.29 is 23.4 Å². The maximum absolute atomic E-state index is 12.3. The molecule has 3 nitrogen and oxygen atoms in total. The van der Waals surface area contributed by atoms with Crippen LogP contribution in [0.4, 0.5) is 13.2 Å². The number of hydrogen-bond acceptors (Lipinski definition) is 3. The SMILES string of the molecule is OCc1nc(C(F)(F)F)cc(Cl)c1CO. The van der Waals surface area contributed by atoms with E-state index in [1.54, 1.807) is 0 Å². The smallest absolute Gasteiger partial charge is 0.392 e. The molecule has 1 aromatic heterocycles. The molecular weight excluding hydrogens is 235 g/mol. The van der Waals surface area contributed by atoms with Gasteiger partial charge in [0.1, 0.15) is 5.69 Å². The highest BCUT2D eigenvalue weighted by molar-refractivity contribution is 6.31. The van der Waals surface area contributed by atoms with Crippen LogP contribution < -0.4 is 0 Å². The molecule has 0 aliphatic carbocycles. The van der Waals surface area contributed by atoms with Crippen molar-refractivity contribution in [2.45, 2.75) is 19.4 Å². The molecule has 0 unspecified atom stereocenters. The molecule has 15 heavy (non-hydrogen) atoms. The largest absolute Gasteiger partial charge is 0.433 e. The molecule has 0 fully saturated rings. The second-order valence-corrected chi connectivity index (χ2v) is 3.14. The third kappa shape index (κ3) is 2.58. The predicted octanol–water partition coefficient (Wildman–Crippen LogP) is 1.74. The summed E-state index contributed by atoms with van der Waals surface area (Å²) < 4.78 is 36.8. The van der Waals surface area contributed by atoms with Gasteiger partial charge in [0, 0.05) is 5.56 Å². The summed E-state index contributed by atoms with van der Waals surface area (Å²) in [7, 11) is 0. The van der Waals surface area contributed by atoms with Gasteiger partial charge >= 0.3 is 6.18 Å². The van der Waals surface area contributed by atoms with Gasteiger partial charge in [0.05, 0.1) is 23.9 Å². The summed E-state index contributed by atoms with van der Waals surface area (Å²) >= 11 is 5.51. The molecule has 1 heterocycles. The first-order valence-corrected chi connectivity index (χ1v) is 4.25. The van der Waals surface area contributed by atoms with Crippen LogP contribution in [0.5, 0.6) is 0 Å². The Morgan fingerprint density at radius 1 is 1.27 bits per heavy atom. The average molecular weight is 242 g/mol. The van der Waals surface area contributed by atoms with Crippen LogP contribution in [0.15, 0.2) is 6.07 Å². The number of aromatic nitrogens is 1. The molecule has 84 valence electrons. The number of aliphatic hydroxyl groups is 2. The van der Waals surface area contributed by atoms with Crippen LogP contribution in [-0.4, -0.2) is 15.2 Å². The highest BCUT2D eigenvalue weighted by Gasteiger charge is 2.33. The summed E-state index contributed by atoms with van der Waals surface area (Å²) in [5.74, 6) is 0. The normalized spacial score (nSPS) is 11.9. The fourth-order valence-electron chi connectivity index (χ4n) is 1.03. The van der Waals surface area contributed by atoms with E-state index in [4.69, 9.17) is 21.8 Å². The zero-order valence-electron chi connectivity index (χ0n) is 7.35. The van der Waals surface area contributed by atoms with Gasteiger partial charge in [0.15, 0.2) is 0 Å². The van der Waals surface area contributed by atoms with Crippen LogP contribution in [-0.2, 0) is 19.4 Å². The quantitative estimate of drug-likeness (QED) is 0.829. The van der Waals surface area contributed by atoms with Gasteiger partial charge in [0.2, 0.25) is 0 Å². The molecule has 0 atom stereocenters. The Balaban J connectivity index is 3.32. The van der Waals surface area contributed by atoms with Crippen molar-refractivity contribution in [3.63, 3.8) is 0 Å². The fourth-order valence-corrected chi connectivity index (χ4v) is 1.31. The third-order valence-electron chi connectivity index (χ3n) is 1.75. The van der Waals surface area contributed by atoms with Crippen molar-refractivity contribution in [3.8, 4) is 0 Å². The lowest BCUT2D eigenvalue weighted by atomic mass is 10.2. The number of rotatable bonds is 2. The molecule has 1 aromatic rings. The Hall–Kier alpha value is -0.850. The summed E-state index contributed by atoms with van der Waals surface area (Å²) in [6, 6.07) is 0.617. The van der Waals surface area contributed by atoms with E-state index in [-0.39, 0.29) is 16.3 Å². The van der Waals surface area contributed by atoms with Crippen molar-refractivity contribution in [2.75, 3.05) is 0 Å². The van der Waals surface area contributed by atoms with E-state index in [2.05, 4.69) is 4.98 Å². The van der Waals surface area contributed by atoms with Crippen LogP contribution in [0, 0.1) is 0 Å². The van der Waals surface area contributed by atoms with Crippen molar-refractivity contribution in [2.24, 2.45) is 0 Å². The Kier molecular flexibility index (Phi) is 3.54. The van der Waals surface area contributed by atoms with E-state index in [1.807, 2.05) is 0 Å². The van der Waals surface area contributed by atoms with Gasteiger partial charge < -0.3 is 10.2 Å². The number of alkyl halides is 3. The van der Waals surface area contributed by atoms with Crippen LogP contribution in [0.3, 0.4) is 0 Å². The minimum Gasteiger partial charge on any atom is -0.392 e. The number of nitrogens with zero attached hydrogens (tertiary/aromatic N) is 1. The topological polar surface area (TPSA) is 53.4 Å². The van der Waals surface area contributed by atoms with Gasteiger partial charge in [-0.25, -0.2) is 4.98 Å². The highest BCUT2D eigenvalue weighted by atomic mass is 35.5. The second kappa shape index (κ2) is 4.34. The first kappa shape index (κ1) is 12.2. The molecule has 0 bridgehead atoms. The molecule has 0 saturated heterocycles. The van der Waals surface area contributed by atoms with E-state index in [0.29, 0.717) is 6.07 Å². The van der Waals surface area contributed by atoms with E-state index in [9.17, 15) is 13.2 Å². The van der Waals surface area contributed by atoms with E-state index in [1.165, 1.54) is 0 Å². The Morgan fingerprint density at radius 3 is 2.27 bits per heavy atom. The number of pyridine rings is 1. The number of hydrogen-bond donors (Lipinski definition) is 2. The lowest BCUT2D eigenvalue weighted by Gasteiger charge is -2.11. The predicted molar refractivity (Wildman–Crippen MR) is 46.1 cm³/mol. The van der Waals surface area contributed by atoms with Crippen LogP contribution in [0.1, 0.15) is 17.0 Å². The first-order valence-electron chi connectivity index (χ1n) is 3.87. The van der Waals surface area contributed by atoms with Gasteiger partial charge in [-0.05, 0) is 6.07 Å². The van der Waals surface area contributed by atoms with Crippen molar-refractivity contribution in [1.29, 1.82) is 0 Å². The Labute approximate surface area is 88.1 Å². The summed E-state index contributed by atoms with van der Waals surface area (Å²) in [5.41, 5.74) is -1.45. The van der Waals surface area contributed by atoms with Crippen LogP contribution in [0.25, 0.3) is 0 Å². The molecule has 0 radical (unpaired) electrons. The maximum atomic E-state index is 12.3.